The molecule has 1 fully saturated rings. The zero-order valence-corrected chi connectivity index (χ0v) is 20.6. The maximum Gasteiger partial charge on any atom is 0.229 e. The van der Waals surface area contributed by atoms with Crippen LogP contribution in [0.4, 0.5) is 5.69 Å². The van der Waals surface area contributed by atoms with E-state index in [-0.39, 0.29) is 11.9 Å². The third-order valence-electron chi connectivity index (χ3n) is 5.30. The van der Waals surface area contributed by atoms with Gasteiger partial charge in [-0.1, -0.05) is 29.3 Å². The van der Waals surface area contributed by atoms with E-state index in [9.17, 15) is 4.79 Å². The van der Waals surface area contributed by atoms with E-state index in [2.05, 4.69) is 14.9 Å². The van der Waals surface area contributed by atoms with Crippen molar-refractivity contribution >= 4 is 58.1 Å². The summed E-state index contributed by atoms with van der Waals surface area (Å²) in [5.41, 5.74) is 9.26. The first-order valence-corrected chi connectivity index (χ1v) is 12.6. The van der Waals surface area contributed by atoms with Crippen LogP contribution in [0.3, 0.4) is 0 Å². The summed E-state index contributed by atoms with van der Waals surface area (Å²) >= 11 is 15.1. The van der Waals surface area contributed by atoms with Crippen molar-refractivity contribution in [2.24, 2.45) is 0 Å². The zero-order chi connectivity index (χ0) is 22.7. The lowest BCUT2D eigenvalue weighted by Gasteiger charge is -2.37. The van der Waals surface area contributed by atoms with E-state index in [4.69, 9.17) is 28.9 Å². The summed E-state index contributed by atoms with van der Waals surface area (Å²) in [4.78, 5) is 23.6. The molecule has 2 N–H and O–H groups in total. The molecule has 1 saturated heterocycles. The van der Waals surface area contributed by atoms with Gasteiger partial charge >= 0.3 is 0 Å². The van der Waals surface area contributed by atoms with E-state index in [0.29, 0.717) is 15.7 Å². The summed E-state index contributed by atoms with van der Waals surface area (Å²) < 4.78 is 2.70. The number of rotatable bonds is 6. The van der Waals surface area contributed by atoms with Crippen molar-refractivity contribution in [2.75, 3.05) is 18.8 Å². The van der Waals surface area contributed by atoms with Crippen LogP contribution in [0.25, 0.3) is 11.3 Å². The highest BCUT2D eigenvalue weighted by atomic mass is 35.5. The Morgan fingerprint density at radius 3 is 2.72 bits per heavy atom. The number of nitrogen functional groups attached to an aromatic ring is 1. The highest BCUT2D eigenvalue weighted by Crippen LogP contribution is 2.34. The number of pyridine rings is 1. The summed E-state index contributed by atoms with van der Waals surface area (Å²) in [6.07, 6.45) is 5.17. The van der Waals surface area contributed by atoms with Crippen LogP contribution in [0, 0.1) is 0 Å². The van der Waals surface area contributed by atoms with Gasteiger partial charge in [0.25, 0.3) is 0 Å². The number of carbonyl (C=O) groups is 1. The maximum atomic E-state index is 12.4. The number of likely N-dealkylation sites (tertiary alicyclic amines) is 1. The number of carbonyl (C=O) groups excluding carboxylic acids is 1. The number of amides is 1. The van der Waals surface area contributed by atoms with Crippen LogP contribution in [-0.2, 0) is 11.3 Å². The van der Waals surface area contributed by atoms with Gasteiger partial charge in [-0.25, -0.2) is 4.98 Å². The molecule has 3 heterocycles. The first kappa shape index (κ1) is 23.3. The standard InChI is InChI=1S/C22H23Cl2N5OS2/c1-14(30)29(32-22-27-21(13-31-22)16-9-17(25)11-26-10-16)18-4-6-28(7-5-18)12-15-2-3-19(23)20(24)8-15/h2-3,8-11,13,18H,4-7,12,25H2,1H3. The Balaban J connectivity index is 1.37. The lowest BCUT2D eigenvalue weighted by molar-refractivity contribution is -0.125. The fraction of sp³-hybridized carbons (Fsp3) is 0.318. The molecule has 3 aromatic rings. The predicted octanol–water partition coefficient (Wildman–Crippen LogP) is 5.61. The highest BCUT2D eigenvalue weighted by molar-refractivity contribution is 7.99. The number of nitrogens with zero attached hydrogens (tertiary/aromatic N) is 4. The average molecular weight is 509 g/mol. The van der Waals surface area contributed by atoms with Crippen LogP contribution >= 0.6 is 46.5 Å². The summed E-state index contributed by atoms with van der Waals surface area (Å²) in [7, 11) is 0. The Kier molecular flexibility index (Phi) is 7.58. The van der Waals surface area contributed by atoms with Gasteiger partial charge in [-0.2, -0.15) is 0 Å². The molecule has 0 spiro atoms. The molecule has 0 saturated carbocycles. The van der Waals surface area contributed by atoms with E-state index >= 15 is 0 Å². The maximum absolute atomic E-state index is 12.4. The fourth-order valence-corrected chi connectivity index (χ4v) is 5.94. The molecule has 0 bridgehead atoms. The van der Waals surface area contributed by atoms with Gasteiger partial charge in [0.15, 0.2) is 4.34 Å². The molecule has 4 rings (SSSR count). The van der Waals surface area contributed by atoms with Crippen molar-refractivity contribution < 1.29 is 4.79 Å². The van der Waals surface area contributed by atoms with Gasteiger partial charge in [0.2, 0.25) is 5.91 Å². The Morgan fingerprint density at radius 2 is 2.03 bits per heavy atom. The van der Waals surface area contributed by atoms with Crippen LogP contribution in [0.1, 0.15) is 25.3 Å². The molecule has 1 aliphatic heterocycles. The van der Waals surface area contributed by atoms with Gasteiger partial charge in [-0.3, -0.25) is 19.0 Å². The summed E-state index contributed by atoms with van der Waals surface area (Å²) in [6, 6.07) is 7.78. The second-order valence-electron chi connectivity index (χ2n) is 7.70. The lowest BCUT2D eigenvalue weighted by Crippen LogP contribution is -2.43. The molecule has 6 nitrogen and oxygen atoms in total. The minimum absolute atomic E-state index is 0.0419. The molecule has 168 valence electrons. The first-order chi connectivity index (χ1) is 15.4. The molecule has 1 aromatic carbocycles. The molecule has 0 aliphatic carbocycles. The average Bonchev–Trinajstić information content (AvgIpc) is 3.24. The van der Waals surface area contributed by atoms with E-state index in [0.717, 1.165) is 53.6 Å². The monoisotopic (exact) mass is 507 g/mol. The second kappa shape index (κ2) is 10.4. The van der Waals surface area contributed by atoms with Gasteiger partial charge in [-0.05, 0) is 36.6 Å². The van der Waals surface area contributed by atoms with Gasteiger partial charge in [0.1, 0.15) is 0 Å². The molecule has 10 heteroatoms. The quantitative estimate of drug-likeness (QED) is 0.436. The number of nitrogens with two attached hydrogens (primary N) is 1. The molecule has 32 heavy (non-hydrogen) atoms. The van der Waals surface area contributed by atoms with Crippen molar-refractivity contribution in [1.82, 2.24) is 19.2 Å². The Hall–Kier alpha value is -1.84. The minimum atomic E-state index is 0.0419. The smallest absolute Gasteiger partial charge is 0.229 e. The Bertz CT molecular complexity index is 1100. The van der Waals surface area contributed by atoms with Crippen molar-refractivity contribution in [3.63, 3.8) is 0 Å². The number of hydrogen-bond acceptors (Lipinski definition) is 7. The van der Waals surface area contributed by atoms with Gasteiger partial charge in [0, 0.05) is 67.9 Å². The third kappa shape index (κ3) is 5.74. The number of hydrogen-bond donors (Lipinski definition) is 1. The number of anilines is 1. The highest BCUT2D eigenvalue weighted by Gasteiger charge is 2.28. The minimum Gasteiger partial charge on any atom is -0.397 e. The molecule has 1 aliphatic rings. The van der Waals surface area contributed by atoms with Crippen LogP contribution in [0.2, 0.25) is 10.0 Å². The van der Waals surface area contributed by atoms with Gasteiger partial charge in [-0.15, -0.1) is 11.3 Å². The largest absolute Gasteiger partial charge is 0.397 e. The molecule has 0 unspecified atom stereocenters. The Morgan fingerprint density at radius 1 is 1.25 bits per heavy atom. The summed E-state index contributed by atoms with van der Waals surface area (Å²) in [5, 5.41) is 3.12. The lowest BCUT2D eigenvalue weighted by atomic mass is 10.0. The number of benzene rings is 1. The predicted molar refractivity (Wildman–Crippen MR) is 133 cm³/mol. The van der Waals surface area contributed by atoms with Crippen molar-refractivity contribution in [1.29, 1.82) is 0 Å². The van der Waals surface area contributed by atoms with Crippen molar-refractivity contribution in [3.8, 4) is 11.3 Å². The SMILES string of the molecule is CC(=O)N(Sc1nc(-c2cncc(N)c2)cs1)C1CCN(Cc2ccc(Cl)c(Cl)c2)CC1. The van der Waals surface area contributed by atoms with Gasteiger partial charge in [0.05, 0.1) is 21.4 Å². The summed E-state index contributed by atoms with van der Waals surface area (Å²) in [5.74, 6) is 0.0419. The first-order valence-electron chi connectivity index (χ1n) is 10.2. The number of piperidine rings is 1. The van der Waals surface area contributed by atoms with Crippen molar-refractivity contribution in [2.45, 2.75) is 36.7 Å². The van der Waals surface area contributed by atoms with Crippen LogP contribution < -0.4 is 5.73 Å². The summed E-state index contributed by atoms with van der Waals surface area (Å²) in [6.45, 7) is 4.26. The molecule has 0 radical (unpaired) electrons. The van der Waals surface area contributed by atoms with E-state index < -0.39 is 0 Å². The molecular formula is C22H23Cl2N5OS2. The zero-order valence-electron chi connectivity index (χ0n) is 17.5. The fourth-order valence-electron chi connectivity index (χ4n) is 3.72. The third-order valence-corrected chi connectivity index (χ3v) is 8.19. The number of aromatic nitrogens is 2. The van der Waals surface area contributed by atoms with Crippen LogP contribution in [-0.4, -0.2) is 44.2 Å². The van der Waals surface area contributed by atoms with E-state index in [1.165, 1.54) is 23.3 Å². The number of halogens is 2. The second-order valence-corrected chi connectivity index (χ2v) is 10.6. The topological polar surface area (TPSA) is 75.3 Å². The molecule has 0 atom stereocenters. The van der Waals surface area contributed by atoms with Crippen LogP contribution in [0.5, 0.6) is 0 Å². The van der Waals surface area contributed by atoms with E-state index in [1.807, 2.05) is 34.0 Å². The van der Waals surface area contributed by atoms with Crippen molar-refractivity contribution in [3.05, 3.63) is 57.6 Å². The van der Waals surface area contributed by atoms with E-state index in [1.54, 1.807) is 19.3 Å². The number of thiazole rings is 1. The molecule has 1 amide bonds. The Labute approximate surface area is 205 Å². The van der Waals surface area contributed by atoms with Gasteiger partial charge < -0.3 is 5.73 Å². The molecule has 2 aromatic heterocycles. The van der Waals surface area contributed by atoms with Crippen LogP contribution in [0.15, 0.2) is 46.4 Å². The normalized spacial score (nSPS) is 15.1. The molecular weight excluding hydrogens is 485 g/mol.